The van der Waals surface area contributed by atoms with E-state index in [0.717, 1.165) is 30.0 Å². The fourth-order valence-corrected chi connectivity index (χ4v) is 3.18. The molecule has 0 bridgehead atoms. The molecule has 154 valence electrons. The summed E-state index contributed by atoms with van der Waals surface area (Å²) in [7, 11) is 0. The average Bonchev–Trinajstić information content (AvgIpc) is 3.55. The Labute approximate surface area is 170 Å². The van der Waals surface area contributed by atoms with E-state index in [-0.39, 0.29) is 29.4 Å². The van der Waals surface area contributed by atoms with Crippen LogP contribution in [0.2, 0.25) is 0 Å². The van der Waals surface area contributed by atoms with Crippen LogP contribution in [-0.4, -0.2) is 22.4 Å². The maximum Gasteiger partial charge on any atom is 0.435 e. The van der Waals surface area contributed by atoms with Gasteiger partial charge in [-0.05, 0) is 49.1 Å². The molecule has 0 aliphatic heterocycles. The molecule has 0 N–H and O–H groups in total. The molecule has 0 unspecified atom stereocenters. The Morgan fingerprint density at radius 1 is 1.07 bits per heavy atom. The van der Waals surface area contributed by atoms with Crippen LogP contribution in [0.5, 0.6) is 0 Å². The minimum Gasteiger partial charge on any atom is -0.306 e. The molecule has 2 heterocycles. The second-order valence-electron chi connectivity index (χ2n) is 7.18. The Morgan fingerprint density at radius 3 is 2.43 bits per heavy atom. The van der Waals surface area contributed by atoms with Gasteiger partial charge in [0.15, 0.2) is 5.69 Å². The number of carbonyl (C=O) groups excluding carboxylic acids is 1. The summed E-state index contributed by atoms with van der Waals surface area (Å²) in [5.74, 6) is -1.04. The Balaban J connectivity index is 1.80. The van der Waals surface area contributed by atoms with Crippen LogP contribution >= 0.6 is 0 Å². The first-order chi connectivity index (χ1) is 14.3. The molecule has 1 aliphatic rings. The molecule has 0 atom stereocenters. The van der Waals surface area contributed by atoms with Crippen molar-refractivity contribution in [2.24, 2.45) is 5.92 Å². The molecular formula is C22H17F4N3O. The number of hydrogen-bond acceptors (Lipinski definition) is 3. The molecule has 1 aliphatic carbocycles. The fraction of sp³-hybridized carbons (Fsp3) is 0.227. The highest BCUT2D eigenvalue weighted by Gasteiger charge is 2.40. The van der Waals surface area contributed by atoms with Gasteiger partial charge >= 0.3 is 6.18 Å². The van der Waals surface area contributed by atoms with Crippen molar-refractivity contribution in [3.05, 3.63) is 78.0 Å². The van der Waals surface area contributed by atoms with Crippen LogP contribution in [0.1, 0.15) is 28.9 Å². The summed E-state index contributed by atoms with van der Waals surface area (Å²) in [5.41, 5.74) is -1.15. The van der Waals surface area contributed by atoms with E-state index in [1.54, 1.807) is 30.3 Å². The first-order valence-corrected chi connectivity index (χ1v) is 9.39. The van der Waals surface area contributed by atoms with Crippen molar-refractivity contribution in [1.29, 1.82) is 0 Å². The first kappa shape index (κ1) is 20.0. The second kappa shape index (κ2) is 7.85. The summed E-state index contributed by atoms with van der Waals surface area (Å²) in [5, 5.41) is 0. The number of carbonyl (C=O) groups is 1. The zero-order valence-corrected chi connectivity index (χ0v) is 15.7. The van der Waals surface area contributed by atoms with Gasteiger partial charge < -0.3 is 4.90 Å². The number of amides is 1. The van der Waals surface area contributed by atoms with Crippen LogP contribution in [0.3, 0.4) is 0 Å². The van der Waals surface area contributed by atoms with E-state index in [2.05, 4.69) is 9.97 Å². The van der Waals surface area contributed by atoms with Crippen LogP contribution in [0.15, 0.2) is 60.9 Å². The van der Waals surface area contributed by atoms with Gasteiger partial charge in [0.1, 0.15) is 5.82 Å². The molecular weight excluding hydrogens is 398 g/mol. The highest BCUT2D eigenvalue weighted by atomic mass is 19.4. The number of anilines is 1. The number of halogens is 4. The van der Waals surface area contributed by atoms with E-state index in [0.29, 0.717) is 5.56 Å². The summed E-state index contributed by atoms with van der Waals surface area (Å²) in [6, 6.07) is 11.8. The minimum absolute atomic E-state index is 0.0726. The Hall–Kier alpha value is -3.29. The van der Waals surface area contributed by atoms with Crippen LogP contribution < -0.4 is 4.90 Å². The monoisotopic (exact) mass is 415 g/mol. The summed E-state index contributed by atoms with van der Waals surface area (Å²) < 4.78 is 55.2. The Kier molecular flexibility index (Phi) is 5.24. The lowest BCUT2D eigenvalue weighted by Gasteiger charge is -2.26. The van der Waals surface area contributed by atoms with Gasteiger partial charge in [0.25, 0.3) is 5.91 Å². The normalized spacial score (nSPS) is 13.9. The van der Waals surface area contributed by atoms with Gasteiger partial charge in [-0.3, -0.25) is 9.78 Å². The van der Waals surface area contributed by atoms with Crippen molar-refractivity contribution >= 4 is 11.6 Å². The summed E-state index contributed by atoms with van der Waals surface area (Å²) in [4.78, 5) is 21.6. The number of benzene rings is 1. The summed E-state index contributed by atoms with van der Waals surface area (Å²) in [6.07, 6.45) is -0.883. The predicted molar refractivity (Wildman–Crippen MR) is 103 cm³/mol. The van der Waals surface area contributed by atoms with Gasteiger partial charge in [-0.1, -0.05) is 18.2 Å². The molecule has 2 aromatic heterocycles. The lowest BCUT2D eigenvalue weighted by Crippen LogP contribution is -2.35. The van der Waals surface area contributed by atoms with Gasteiger partial charge in [0.2, 0.25) is 0 Å². The molecule has 8 heteroatoms. The number of alkyl halides is 3. The fourth-order valence-electron chi connectivity index (χ4n) is 3.18. The number of nitrogens with zero attached hydrogens (tertiary/aromatic N) is 3. The highest BCUT2D eigenvalue weighted by molar-refractivity contribution is 6.06. The number of rotatable bonds is 5. The summed E-state index contributed by atoms with van der Waals surface area (Å²) >= 11 is 0. The van der Waals surface area contributed by atoms with Crippen molar-refractivity contribution in [3.63, 3.8) is 0 Å². The molecule has 1 fully saturated rings. The maximum atomic E-state index is 13.9. The molecule has 0 radical (unpaired) electrons. The first-order valence-electron chi connectivity index (χ1n) is 9.39. The zero-order chi connectivity index (χ0) is 21.3. The van der Waals surface area contributed by atoms with Crippen LogP contribution in [0.4, 0.5) is 23.2 Å². The van der Waals surface area contributed by atoms with E-state index < -0.39 is 23.6 Å². The highest BCUT2D eigenvalue weighted by Crippen LogP contribution is 2.39. The van der Waals surface area contributed by atoms with E-state index >= 15 is 0 Å². The van der Waals surface area contributed by atoms with Crippen molar-refractivity contribution in [1.82, 2.24) is 9.97 Å². The lowest BCUT2D eigenvalue weighted by atomic mass is 10.1. The SMILES string of the molecule is O=C(c1ccccc1)N(CC1CC1)c1ccc(-c2cncc(F)c2)nc1C(F)(F)F. The predicted octanol–water partition coefficient (Wildman–Crippen LogP) is 5.36. The van der Waals surface area contributed by atoms with Gasteiger partial charge in [-0.25, -0.2) is 9.37 Å². The smallest absolute Gasteiger partial charge is 0.306 e. The number of pyridine rings is 2. The third-order valence-corrected chi connectivity index (χ3v) is 4.84. The van der Waals surface area contributed by atoms with Crippen molar-refractivity contribution in [2.75, 3.05) is 11.4 Å². The average molecular weight is 415 g/mol. The van der Waals surface area contributed by atoms with Gasteiger partial charge in [0, 0.05) is 23.9 Å². The molecule has 4 nitrogen and oxygen atoms in total. The lowest BCUT2D eigenvalue weighted by molar-refractivity contribution is -0.140. The van der Waals surface area contributed by atoms with Crippen LogP contribution in [0.25, 0.3) is 11.3 Å². The van der Waals surface area contributed by atoms with E-state index in [4.69, 9.17) is 0 Å². The molecule has 0 spiro atoms. The largest absolute Gasteiger partial charge is 0.435 e. The van der Waals surface area contributed by atoms with Crippen molar-refractivity contribution in [3.8, 4) is 11.3 Å². The molecule has 1 saturated carbocycles. The second-order valence-corrected chi connectivity index (χ2v) is 7.18. The maximum absolute atomic E-state index is 13.9. The van der Waals surface area contributed by atoms with Gasteiger partial charge in [-0.15, -0.1) is 0 Å². The van der Waals surface area contributed by atoms with Crippen LogP contribution in [-0.2, 0) is 6.18 Å². The molecule has 1 aromatic carbocycles. The van der Waals surface area contributed by atoms with Gasteiger partial charge in [0.05, 0.1) is 17.6 Å². The Bertz CT molecular complexity index is 1070. The van der Waals surface area contributed by atoms with Crippen molar-refractivity contribution in [2.45, 2.75) is 19.0 Å². The standard InChI is InChI=1S/C22H17F4N3O/c23-17-10-16(11-27-12-17)18-8-9-19(20(28-18)22(24,25)26)29(13-14-6-7-14)21(30)15-4-2-1-3-5-15/h1-5,8-12,14H,6-7,13H2. The van der Waals surface area contributed by atoms with E-state index in [9.17, 15) is 22.4 Å². The molecule has 0 saturated heterocycles. The quantitative estimate of drug-likeness (QED) is 0.527. The minimum atomic E-state index is -4.80. The molecule has 30 heavy (non-hydrogen) atoms. The molecule has 3 aromatic rings. The third kappa shape index (κ3) is 4.32. The molecule has 4 rings (SSSR count). The molecule has 1 amide bonds. The Morgan fingerprint density at radius 2 is 1.80 bits per heavy atom. The third-order valence-electron chi connectivity index (χ3n) is 4.84. The number of hydrogen-bond donors (Lipinski definition) is 0. The van der Waals surface area contributed by atoms with Crippen LogP contribution in [0, 0.1) is 11.7 Å². The van der Waals surface area contributed by atoms with E-state index in [1.807, 2.05) is 0 Å². The van der Waals surface area contributed by atoms with Crippen molar-refractivity contribution < 1.29 is 22.4 Å². The van der Waals surface area contributed by atoms with E-state index in [1.165, 1.54) is 18.3 Å². The zero-order valence-electron chi connectivity index (χ0n) is 15.7. The topological polar surface area (TPSA) is 46.1 Å². The summed E-state index contributed by atoms with van der Waals surface area (Å²) in [6.45, 7) is 0.180. The van der Waals surface area contributed by atoms with Gasteiger partial charge in [-0.2, -0.15) is 13.2 Å². The number of aromatic nitrogens is 2.